The maximum Gasteiger partial charge on any atom is 0.326 e. The Hall–Kier alpha value is -2.32. The fourth-order valence-electron chi connectivity index (χ4n) is 3.18. The van der Waals surface area contributed by atoms with Gasteiger partial charge in [-0.25, -0.2) is 13.4 Å². The van der Waals surface area contributed by atoms with Gasteiger partial charge in [-0.05, 0) is 49.3 Å². The van der Waals surface area contributed by atoms with Crippen molar-refractivity contribution in [3.05, 3.63) is 30.1 Å². The van der Waals surface area contributed by atoms with E-state index in [2.05, 4.69) is 0 Å². The lowest BCUT2D eigenvalue weighted by atomic mass is 10.1. The van der Waals surface area contributed by atoms with Gasteiger partial charge in [0.2, 0.25) is 0 Å². The van der Waals surface area contributed by atoms with Crippen LogP contribution in [0.5, 0.6) is 11.5 Å². The zero-order valence-corrected chi connectivity index (χ0v) is 18.4. The number of phenolic OH excluding ortho intramolecular Hbond substituents is 1. The first-order chi connectivity index (χ1) is 14.0. The number of benzene rings is 2. The van der Waals surface area contributed by atoms with Gasteiger partial charge in [0.1, 0.15) is 23.7 Å². The van der Waals surface area contributed by atoms with E-state index < -0.39 is 47.1 Å². The van der Waals surface area contributed by atoms with Crippen LogP contribution in [0.15, 0.2) is 24.3 Å². The normalized spacial score (nSPS) is 17.7. The van der Waals surface area contributed by atoms with E-state index in [1.807, 2.05) is 6.92 Å². The van der Waals surface area contributed by atoms with Crippen LogP contribution < -0.4 is 13.8 Å². The Labute approximate surface area is 174 Å². The molecular formula is C19H24FN2O6PS. The largest absolute Gasteiger partial charge is 0.506 e. The summed E-state index contributed by atoms with van der Waals surface area (Å²) in [5.74, 6) is -1.99. The van der Waals surface area contributed by atoms with Crippen LogP contribution in [0, 0.1) is 5.82 Å². The van der Waals surface area contributed by atoms with Crippen molar-refractivity contribution in [2.75, 3.05) is 36.4 Å². The molecule has 164 valence electrons. The Morgan fingerprint density at radius 2 is 2.03 bits per heavy atom. The maximum atomic E-state index is 15.2. The topological polar surface area (TPSA) is 113 Å². The van der Waals surface area contributed by atoms with Gasteiger partial charge in [-0.3, -0.25) is 4.79 Å². The molecule has 0 saturated carbocycles. The number of phenols is 1. The van der Waals surface area contributed by atoms with Crippen LogP contribution in [0.25, 0.3) is 10.8 Å². The molecule has 1 unspecified atom stereocenters. The lowest BCUT2D eigenvalue weighted by Gasteiger charge is -2.18. The van der Waals surface area contributed by atoms with E-state index in [-0.39, 0.29) is 5.39 Å². The molecule has 3 rings (SSSR count). The van der Waals surface area contributed by atoms with Crippen LogP contribution in [0.4, 0.5) is 10.1 Å². The first-order valence-corrected chi connectivity index (χ1v) is 13.5. The number of nitrogens with zero attached hydrogens (tertiary/aromatic N) is 1. The number of amides is 1. The second-order valence-corrected chi connectivity index (χ2v) is 12.6. The van der Waals surface area contributed by atoms with E-state index in [1.54, 1.807) is 23.5 Å². The number of carbonyl (C=O) groups excluding carboxylic acids is 1. The van der Waals surface area contributed by atoms with Crippen LogP contribution in [-0.2, 0) is 19.6 Å². The van der Waals surface area contributed by atoms with Crippen molar-refractivity contribution in [2.24, 2.45) is 0 Å². The quantitative estimate of drug-likeness (QED) is 0.465. The molecule has 1 saturated heterocycles. The molecule has 1 heterocycles. The van der Waals surface area contributed by atoms with Crippen molar-refractivity contribution in [3.8, 4) is 11.5 Å². The van der Waals surface area contributed by atoms with Crippen molar-refractivity contribution in [3.63, 3.8) is 0 Å². The highest BCUT2D eigenvalue weighted by Crippen LogP contribution is 2.41. The number of hydrogen-bond acceptors (Lipinski definition) is 6. The Balaban J connectivity index is 1.80. The third-order valence-corrected chi connectivity index (χ3v) is 9.01. The third kappa shape index (κ3) is 4.70. The molecule has 1 aliphatic heterocycles. The number of hydrogen-bond donors (Lipinski definition) is 2. The van der Waals surface area contributed by atoms with E-state index in [0.717, 1.165) is 6.42 Å². The molecular weight excluding hydrogens is 434 g/mol. The lowest BCUT2D eigenvalue weighted by Crippen LogP contribution is -2.30. The number of nitrogens with one attached hydrogen (secondary N) is 1. The first-order valence-electron chi connectivity index (χ1n) is 9.51. The van der Waals surface area contributed by atoms with Gasteiger partial charge < -0.3 is 14.4 Å². The molecule has 0 aliphatic carbocycles. The van der Waals surface area contributed by atoms with Gasteiger partial charge in [0.25, 0.3) is 5.91 Å². The number of fused-ring (bicyclic) bond motifs is 1. The van der Waals surface area contributed by atoms with Gasteiger partial charge in [0, 0.05) is 11.5 Å². The summed E-state index contributed by atoms with van der Waals surface area (Å²) in [5, 5.41) is 10.6. The van der Waals surface area contributed by atoms with Crippen LogP contribution >= 0.6 is 7.14 Å². The Bertz CT molecular complexity index is 1140. The minimum Gasteiger partial charge on any atom is -0.506 e. The third-order valence-electron chi connectivity index (χ3n) is 5.04. The highest BCUT2D eigenvalue weighted by atomic mass is 32.2. The Morgan fingerprint density at radius 3 is 2.67 bits per heavy atom. The van der Waals surface area contributed by atoms with E-state index >= 15 is 4.39 Å². The maximum absolute atomic E-state index is 15.2. The van der Waals surface area contributed by atoms with Gasteiger partial charge >= 0.3 is 10.2 Å². The summed E-state index contributed by atoms with van der Waals surface area (Å²) in [5.41, 5.74) is -0.587. The zero-order valence-electron chi connectivity index (χ0n) is 16.7. The summed E-state index contributed by atoms with van der Waals surface area (Å²) in [6.07, 6.45) is 2.77. The number of carbonyl (C=O) groups is 1. The zero-order chi connectivity index (χ0) is 22.1. The van der Waals surface area contributed by atoms with Crippen molar-refractivity contribution in [1.29, 1.82) is 0 Å². The molecule has 1 fully saturated rings. The average Bonchev–Trinajstić information content (AvgIpc) is 2.93. The van der Waals surface area contributed by atoms with E-state index in [0.29, 0.717) is 40.8 Å². The van der Waals surface area contributed by atoms with Gasteiger partial charge in [0.05, 0.1) is 13.7 Å². The predicted molar refractivity (Wildman–Crippen MR) is 114 cm³/mol. The lowest BCUT2D eigenvalue weighted by molar-refractivity contribution is -0.117. The minimum absolute atomic E-state index is 0.0545. The fraction of sp³-hybridized carbons (Fsp3) is 0.421. The van der Waals surface area contributed by atoms with E-state index in [4.69, 9.17) is 4.74 Å². The molecule has 2 aromatic rings. The number of rotatable bonds is 8. The molecule has 0 bridgehead atoms. The molecule has 1 atom stereocenters. The summed E-state index contributed by atoms with van der Waals surface area (Å²) in [6.45, 7) is 3.44. The van der Waals surface area contributed by atoms with Crippen molar-refractivity contribution < 1.29 is 32.0 Å². The monoisotopic (exact) mass is 458 g/mol. The highest BCUT2D eigenvalue weighted by molar-refractivity contribution is 7.92. The van der Waals surface area contributed by atoms with Crippen LogP contribution in [-0.4, -0.2) is 51.6 Å². The number of aromatic hydroxyl groups is 1. The average molecular weight is 458 g/mol. The Morgan fingerprint density at radius 1 is 1.30 bits per heavy atom. The highest BCUT2D eigenvalue weighted by Gasteiger charge is 2.37. The van der Waals surface area contributed by atoms with E-state index in [9.17, 15) is 22.9 Å². The summed E-state index contributed by atoms with van der Waals surface area (Å²) in [6, 6.07) is 5.83. The van der Waals surface area contributed by atoms with Crippen molar-refractivity contribution in [2.45, 2.75) is 19.8 Å². The molecule has 2 aromatic carbocycles. The second-order valence-electron chi connectivity index (χ2n) is 7.37. The van der Waals surface area contributed by atoms with Crippen LogP contribution in [0.3, 0.4) is 0 Å². The van der Waals surface area contributed by atoms with Gasteiger partial charge in [0.15, 0.2) is 5.82 Å². The standard InChI is InChI=1S/C19H24FN2O6PS/c1-3-29(2,25)9-5-4-8-28-14-7-6-13-10-16(23)19(18(20)15(13)11-14)22-12-17(24)21-30(22,26)27/h6-7,10-11,23H,3-5,8-9,12H2,1-2H3,(H,21,24). The van der Waals surface area contributed by atoms with Crippen LogP contribution in [0.1, 0.15) is 19.8 Å². The number of anilines is 1. The molecule has 0 aromatic heterocycles. The van der Waals surface area contributed by atoms with Gasteiger partial charge in [-0.2, -0.15) is 8.42 Å². The summed E-state index contributed by atoms with van der Waals surface area (Å²) in [7, 11) is -6.34. The summed E-state index contributed by atoms with van der Waals surface area (Å²) < 4.78 is 59.2. The molecule has 8 nitrogen and oxygen atoms in total. The number of halogens is 1. The smallest absolute Gasteiger partial charge is 0.326 e. The molecule has 0 radical (unpaired) electrons. The SMILES string of the molecule is CCP(C)(=O)CCCCOc1ccc2cc(O)c(N3CC(=O)NS3(=O)=O)c(F)c2c1. The van der Waals surface area contributed by atoms with Crippen molar-refractivity contribution >= 4 is 39.7 Å². The summed E-state index contributed by atoms with van der Waals surface area (Å²) in [4.78, 5) is 11.5. The molecule has 11 heteroatoms. The number of ether oxygens (including phenoxy) is 1. The van der Waals surface area contributed by atoms with Crippen molar-refractivity contribution in [1.82, 2.24) is 4.72 Å². The molecule has 1 aliphatic rings. The summed E-state index contributed by atoms with van der Waals surface area (Å²) >= 11 is 0. The fourth-order valence-corrected chi connectivity index (χ4v) is 5.55. The molecule has 0 spiro atoms. The Kier molecular flexibility index (Phi) is 6.29. The molecule has 30 heavy (non-hydrogen) atoms. The first kappa shape index (κ1) is 22.4. The number of unbranched alkanes of at least 4 members (excludes halogenated alkanes) is 1. The molecule has 2 N–H and O–H groups in total. The second kappa shape index (κ2) is 8.43. The van der Waals surface area contributed by atoms with Gasteiger partial charge in [-0.1, -0.05) is 13.0 Å². The van der Waals surface area contributed by atoms with Crippen LogP contribution in [0.2, 0.25) is 0 Å². The van der Waals surface area contributed by atoms with Gasteiger partial charge in [-0.15, -0.1) is 0 Å². The molecule has 1 amide bonds. The predicted octanol–water partition coefficient (Wildman–Crippen LogP) is 3.04. The van der Waals surface area contributed by atoms with E-state index in [1.165, 1.54) is 12.1 Å². The minimum atomic E-state index is -4.27.